The van der Waals surface area contributed by atoms with Crippen LogP contribution in [-0.4, -0.2) is 0 Å². The van der Waals surface area contributed by atoms with E-state index in [0.717, 1.165) is 0 Å². The zero-order chi connectivity index (χ0) is 24.1. The number of benzene rings is 2. The Kier molecular flexibility index (Phi) is 12.2. The van der Waals surface area contributed by atoms with Crippen molar-refractivity contribution in [2.75, 3.05) is 0 Å². The van der Waals surface area contributed by atoms with E-state index in [1.54, 1.807) is 11.1 Å². The summed E-state index contributed by atoms with van der Waals surface area (Å²) in [4.78, 5) is 0. The van der Waals surface area contributed by atoms with Gasteiger partial charge in [-0.25, -0.2) is 0 Å². The molecule has 0 amide bonds. The molecule has 3 rings (SSSR count). The van der Waals surface area contributed by atoms with Crippen molar-refractivity contribution in [2.45, 2.75) is 135 Å². The zero-order valence-electron chi connectivity index (χ0n) is 22.1. The summed E-state index contributed by atoms with van der Waals surface area (Å²) in [5.41, 5.74) is 6.38. The monoisotopic (exact) mass is 524 g/mol. The third kappa shape index (κ3) is 7.46. The molecule has 0 radical (unpaired) electrons. The van der Waals surface area contributed by atoms with Gasteiger partial charge in [0, 0.05) is 9.89 Å². The third-order valence-electron chi connectivity index (χ3n) is 8.14. The summed E-state index contributed by atoms with van der Waals surface area (Å²) in [6.45, 7) is 4.61. The van der Waals surface area contributed by atoms with Crippen LogP contribution in [0.5, 0.6) is 0 Å². The Morgan fingerprint density at radius 2 is 1.00 bits per heavy atom. The third-order valence-corrected chi connectivity index (χ3v) is 8.64. The van der Waals surface area contributed by atoms with Gasteiger partial charge in [0.15, 0.2) is 0 Å². The number of rotatable bonds is 18. The molecular formula is C33H49Br. The van der Waals surface area contributed by atoms with Gasteiger partial charge in [-0.2, -0.15) is 0 Å². The van der Waals surface area contributed by atoms with Gasteiger partial charge in [0.1, 0.15) is 0 Å². The van der Waals surface area contributed by atoms with Crippen molar-refractivity contribution in [2.24, 2.45) is 0 Å². The predicted octanol–water partition coefficient (Wildman–Crippen LogP) is 11.8. The van der Waals surface area contributed by atoms with Gasteiger partial charge in [0.2, 0.25) is 0 Å². The number of hydrogen-bond acceptors (Lipinski definition) is 0. The smallest absolute Gasteiger partial charge is 0.0215 e. The van der Waals surface area contributed by atoms with Crippen LogP contribution in [-0.2, 0) is 5.41 Å². The normalized spacial score (nSPS) is 13.7. The van der Waals surface area contributed by atoms with Crippen molar-refractivity contribution >= 4 is 15.9 Å². The van der Waals surface area contributed by atoms with E-state index in [9.17, 15) is 0 Å². The molecule has 0 aromatic heterocycles. The lowest BCUT2D eigenvalue weighted by Gasteiger charge is -2.33. The largest absolute Gasteiger partial charge is 0.0654 e. The SMILES string of the molecule is CCCCCCCCCCC1(CCCCCCCCCC)c2ccccc2-c2ccc(Br)cc21. The minimum Gasteiger partial charge on any atom is -0.0654 e. The molecule has 0 bridgehead atoms. The first-order chi connectivity index (χ1) is 16.7. The summed E-state index contributed by atoms with van der Waals surface area (Å²) in [7, 11) is 0. The van der Waals surface area contributed by atoms with Crippen molar-refractivity contribution in [3.8, 4) is 11.1 Å². The number of unbranched alkanes of at least 4 members (excludes halogenated alkanes) is 14. The maximum Gasteiger partial charge on any atom is 0.0215 e. The highest BCUT2D eigenvalue weighted by Crippen LogP contribution is 2.54. The summed E-state index contributed by atoms with van der Waals surface area (Å²) in [5.74, 6) is 0. The molecule has 0 unspecified atom stereocenters. The minimum absolute atomic E-state index is 0.208. The van der Waals surface area contributed by atoms with Crippen molar-refractivity contribution in [1.29, 1.82) is 0 Å². The van der Waals surface area contributed by atoms with E-state index in [1.807, 2.05) is 0 Å². The molecule has 1 aliphatic carbocycles. The van der Waals surface area contributed by atoms with Crippen molar-refractivity contribution in [1.82, 2.24) is 0 Å². The molecule has 0 N–H and O–H groups in total. The van der Waals surface area contributed by atoms with E-state index >= 15 is 0 Å². The summed E-state index contributed by atoms with van der Waals surface area (Å²) in [6, 6.07) is 16.4. The van der Waals surface area contributed by atoms with Gasteiger partial charge in [-0.3, -0.25) is 0 Å². The van der Waals surface area contributed by atoms with Crippen LogP contribution in [0.4, 0.5) is 0 Å². The lowest BCUT2D eigenvalue weighted by atomic mass is 9.70. The lowest BCUT2D eigenvalue weighted by molar-refractivity contribution is 0.397. The first-order valence-corrected chi connectivity index (χ1v) is 15.4. The minimum atomic E-state index is 0.208. The van der Waals surface area contributed by atoms with Crippen LogP contribution < -0.4 is 0 Å². The fourth-order valence-corrected chi connectivity index (χ4v) is 6.57. The molecule has 0 atom stereocenters. The zero-order valence-corrected chi connectivity index (χ0v) is 23.7. The Labute approximate surface area is 219 Å². The molecule has 1 heteroatoms. The Bertz CT molecular complexity index is 816. The molecule has 2 aromatic rings. The van der Waals surface area contributed by atoms with Crippen molar-refractivity contribution in [3.63, 3.8) is 0 Å². The average molecular weight is 526 g/mol. The maximum absolute atomic E-state index is 3.81. The molecule has 0 saturated carbocycles. The molecule has 1 aliphatic rings. The number of hydrogen-bond donors (Lipinski definition) is 0. The predicted molar refractivity (Wildman–Crippen MR) is 155 cm³/mol. The van der Waals surface area contributed by atoms with Crippen LogP contribution in [0.15, 0.2) is 46.9 Å². The average Bonchev–Trinajstić information content (AvgIpc) is 3.12. The summed E-state index contributed by atoms with van der Waals surface area (Å²) in [6.07, 6.45) is 24.9. The molecule has 2 aromatic carbocycles. The molecule has 0 spiro atoms. The van der Waals surface area contributed by atoms with Gasteiger partial charge in [0.05, 0.1) is 0 Å². The van der Waals surface area contributed by atoms with Gasteiger partial charge in [0.25, 0.3) is 0 Å². The number of fused-ring (bicyclic) bond motifs is 3. The highest BCUT2D eigenvalue weighted by molar-refractivity contribution is 9.10. The second-order valence-electron chi connectivity index (χ2n) is 10.8. The molecule has 0 fully saturated rings. The quantitative estimate of drug-likeness (QED) is 0.170. The first kappa shape index (κ1) is 27.5. The Balaban J connectivity index is 1.66. The van der Waals surface area contributed by atoms with Crippen LogP contribution in [0.2, 0.25) is 0 Å². The molecule has 0 aliphatic heterocycles. The summed E-state index contributed by atoms with van der Waals surface area (Å²) in [5, 5.41) is 0. The van der Waals surface area contributed by atoms with Crippen LogP contribution in [0.3, 0.4) is 0 Å². The molecule has 0 nitrogen and oxygen atoms in total. The van der Waals surface area contributed by atoms with Crippen LogP contribution in [0, 0.1) is 0 Å². The molecule has 34 heavy (non-hydrogen) atoms. The molecular weight excluding hydrogens is 476 g/mol. The molecule has 188 valence electrons. The van der Waals surface area contributed by atoms with Crippen LogP contribution >= 0.6 is 15.9 Å². The van der Waals surface area contributed by atoms with Gasteiger partial charge < -0.3 is 0 Å². The lowest BCUT2D eigenvalue weighted by Crippen LogP contribution is -2.25. The second-order valence-corrected chi connectivity index (χ2v) is 11.7. The maximum atomic E-state index is 3.81. The summed E-state index contributed by atoms with van der Waals surface area (Å²) >= 11 is 3.81. The Morgan fingerprint density at radius 1 is 0.529 bits per heavy atom. The van der Waals surface area contributed by atoms with Gasteiger partial charge in [-0.15, -0.1) is 0 Å². The highest BCUT2D eigenvalue weighted by Gasteiger charge is 2.42. The van der Waals surface area contributed by atoms with Crippen molar-refractivity contribution < 1.29 is 0 Å². The van der Waals surface area contributed by atoms with Crippen LogP contribution in [0.25, 0.3) is 11.1 Å². The highest BCUT2D eigenvalue weighted by atomic mass is 79.9. The Morgan fingerprint density at radius 3 is 1.56 bits per heavy atom. The fraction of sp³-hybridized carbons (Fsp3) is 0.636. The summed E-state index contributed by atoms with van der Waals surface area (Å²) < 4.78 is 1.23. The van der Waals surface area contributed by atoms with E-state index in [-0.39, 0.29) is 5.41 Å². The number of halogens is 1. The van der Waals surface area contributed by atoms with E-state index < -0.39 is 0 Å². The Hall–Kier alpha value is -1.08. The van der Waals surface area contributed by atoms with E-state index in [1.165, 1.54) is 131 Å². The van der Waals surface area contributed by atoms with Gasteiger partial charge in [-0.1, -0.05) is 163 Å². The van der Waals surface area contributed by atoms with E-state index in [2.05, 4.69) is 72.2 Å². The molecule has 0 saturated heterocycles. The van der Waals surface area contributed by atoms with Gasteiger partial charge in [-0.05, 0) is 47.2 Å². The molecule has 0 heterocycles. The topological polar surface area (TPSA) is 0 Å². The second kappa shape index (κ2) is 15.1. The first-order valence-electron chi connectivity index (χ1n) is 14.6. The standard InChI is InChI=1S/C33H49Br/c1-3-5-7-9-11-13-15-19-25-33(26-20-16-14-12-10-8-6-4-2)31-22-18-17-21-29(31)30-24-23-28(34)27-32(30)33/h17-18,21-24,27H,3-16,19-20,25-26H2,1-2H3. The van der Waals surface area contributed by atoms with E-state index in [4.69, 9.17) is 0 Å². The van der Waals surface area contributed by atoms with Crippen molar-refractivity contribution in [3.05, 3.63) is 58.1 Å². The fourth-order valence-electron chi connectivity index (χ4n) is 6.21. The van der Waals surface area contributed by atoms with Gasteiger partial charge >= 0.3 is 0 Å². The van der Waals surface area contributed by atoms with E-state index in [0.29, 0.717) is 0 Å². The van der Waals surface area contributed by atoms with Crippen LogP contribution in [0.1, 0.15) is 141 Å².